The number of rotatable bonds is 4. The Labute approximate surface area is 73.7 Å². The molecule has 0 unspecified atom stereocenters. The lowest BCUT2D eigenvalue weighted by Crippen LogP contribution is -2.31. The minimum absolute atomic E-state index is 0. The van der Waals surface area contributed by atoms with Crippen molar-refractivity contribution < 1.29 is 9.53 Å². The van der Waals surface area contributed by atoms with E-state index in [1.165, 1.54) is 7.11 Å². The molecule has 1 atom stereocenters. The average molecular weight is 182 g/mol. The van der Waals surface area contributed by atoms with Crippen molar-refractivity contribution in [2.45, 2.75) is 32.2 Å². The number of hydrogen-bond acceptors (Lipinski definition) is 3. The topological polar surface area (TPSA) is 52.3 Å². The van der Waals surface area contributed by atoms with Crippen molar-refractivity contribution in [1.29, 1.82) is 0 Å². The second kappa shape index (κ2) is 7.82. The van der Waals surface area contributed by atoms with Crippen molar-refractivity contribution in [3.63, 3.8) is 0 Å². The second-order valence-corrected chi connectivity index (χ2v) is 2.27. The maximum absolute atomic E-state index is 10.7. The first kappa shape index (κ1) is 13.3. The third-order valence-corrected chi connectivity index (χ3v) is 1.37. The maximum atomic E-state index is 10.7. The Morgan fingerprint density at radius 1 is 1.64 bits per heavy atom. The molecule has 0 rings (SSSR count). The van der Waals surface area contributed by atoms with Crippen LogP contribution in [-0.4, -0.2) is 19.1 Å². The summed E-state index contributed by atoms with van der Waals surface area (Å²) in [5.41, 5.74) is 5.44. The van der Waals surface area contributed by atoms with Gasteiger partial charge in [-0.05, 0) is 6.42 Å². The number of methoxy groups -OCH3 is 1. The molecule has 0 bridgehead atoms. The molecule has 0 fully saturated rings. The van der Waals surface area contributed by atoms with Crippen molar-refractivity contribution >= 4 is 18.4 Å². The quantitative estimate of drug-likeness (QED) is 0.661. The Morgan fingerprint density at radius 2 is 2.18 bits per heavy atom. The molecule has 0 heterocycles. The van der Waals surface area contributed by atoms with E-state index in [1.807, 2.05) is 0 Å². The Bertz CT molecular complexity index is 109. The summed E-state index contributed by atoms with van der Waals surface area (Å²) < 4.78 is 4.45. The van der Waals surface area contributed by atoms with E-state index in [-0.39, 0.29) is 18.4 Å². The summed E-state index contributed by atoms with van der Waals surface area (Å²) in [5, 5.41) is 0. The Kier molecular flexibility index (Phi) is 9.47. The van der Waals surface area contributed by atoms with Gasteiger partial charge in [0.1, 0.15) is 6.04 Å². The molecular formula is C7H16ClNO2. The normalized spacial score (nSPS) is 11.5. The van der Waals surface area contributed by atoms with Gasteiger partial charge in [0, 0.05) is 0 Å². The molecule has 11 heavy (non-hydrogen) atoms. The van der Waals surface area contributed by atoms with Crippen LogP contribution in [-0.2, 0) is 9.53 Å². The van der Waals surface area contributed by atoms with Gasteiger partial charge < -0.3 is 10.5 Å². The molecule has 0 aromatic heterocycles. The summed E-state index contributed by atoms with van der Waals surface area (Å²) in [6.07, 6.45) is 2.77. The summed E-state index contributed by atoms with van der Waals surface area (Å²) in [4.78, 5) is 10.7. The van der Waals surface area contributed by atoms with Crippen LogP contribution in [0.4, 0.5) is 0 Å². The average Bonchev–Trinajstić information content (AvgIpc) is 1.98. The molecule has 0 radical (unpaired) electrons. The van der Waals surface area contributed by atoms with Gasteiger partial charge in [-0.3, -0.25) is 4.79 Å². The first-order valence-corrected chi connectivity index (χ1v) is 3.55. The summed E-state index contributed by atoms with van der Waals surface area (Å²) in [6, 6.07) is -0.426. The van der Waals surface area contributed by atoms with E-state index in [2.05, 4.69) is 11.7 Å². The first-order chi connectivity index (χ1) is 4.72. The molecule has 3 nitrogen and oxygen atoms in total. The molecule has 0 saturated carbocycles. The first-order valence-electron chi connectivity index (χ1n) is 3.55. The fraction of sp³-hybridized carbons (Fsp3) is 0.857. The van der Waals surface area contributed by atoms with Crippen LogP contribution < -0.4 is 5.73 Å². The van der Waals surface area contributed by atoms with Gasteiger partial charge in [0.25, 0.3) is 0 Å². The molecule has 0 amide bonds. The van der Waals surface area contributed by atoms with Gasteiger partial charge in [-0.15, -0.1) is 12.4 Å². The summed E-state index contributed by atoms with van der Waals surface area (Å²) in [7, 11) is 1.36. The van der Waals surface area contributed by atoms with Crippen LogP contribution in [0.15, 0.2) is 0 Å². The number of unbranched alkanes of at least 4 members (excludes halogenated alkanes) is 1. The van der Waals surface area contributed by atoms with Gasteiger partial charge in [0.15, 0.2) is 0 Å². The number of carbonyl (C=O) groups is 1. The summed E-state index contributed by atoms with van der Waals surface area (Å²) >= 11 is 0. The highest BCUT2D eigenvalue weighted by atomic mass is 35.5. The van der Waals surface area contributed by atoms with Crippen LogP contribution in [0.25, 0.3) is 0 Å². The van der Waals surface area contributed by atoms with Gasteiger partial charge in [0.2, 0.25) is 0 Å². The van der Waals surface area contributed by atoms with Gasteiger partial charge in [-0.25, -0.2) is 0 Å². The number of hydrogen-bond donors (Lipinski definition) is 1. The Morgan fingerprint density at radius 3 is 2.55 bits per heavy atom. The molecular weight excluding hydrogens is 166 g/mol. The number of halogens is 1. The Hall–Kier alpha value is -0.280. The van der Waals surface area contributed by atoms with Crippen LogP contribution in [0.2, 0.25) is 0 Å². The van der Waals surface area contributed by atoms with Gasteiger partial charge in [-0.2, -0.15) is 0 Å². The van der Waals surface area contributed by atoms with E-state index in [0.29, 0.717) is 0 Å². The largest absolute Gasteiger partial charge is 0.468 e. The van der Waals surface area contributed by atoms with E-state index in [9.17, 15) is 4.79 Å². The summed E-state index contributed by atoms with van der Waals surface area (Å²) in [6.45, 7) is 2.06. The number of carbonyl (C=O) groups excluding carboxylic acids is 1. The fourth-order valence-electron chi connectivity index (χ4n) is 0.693. The number of nitrogens with two attached hydrogens (primary N) is 1. The van der Waals surface area contributed by atoms with Crippen LogP contribution >= 0.6 is 12.4 Å². The van der Waals surface area contributed by atoms with Gasteiger partial charge >= 0.3 is 5.97 Å². The zero-order valence-corrected chi connectivity index (χ0v) is 7.82. The minimum atomic E-state index is -0.426. The number of esters is 1. The molecule has 68 valence electrons. The van der Waals surface area contributed by atoms with E-state index in [4.69, 9.17) is 5.73 Å². The number of ether oxygens (including phenoxy) is 1. The van der Waals surface area contributed by atoms with Crippen molar-refractivity contribution in [3.05, 3.63) is 0 Å². The zero-order valence-electron chi connectivity index (χ0n) is 7.00. The second-order valence-electron chi connectivity index (χ2n) is 2.27. The fourth-order valence-corrected chi connectivity index (χ4v) is 0.693. The lowest BCUT2D eigenvalue weighted by atomic mass is 10.1. The third kappa shape index (κ3) is 6.13. The smallest absolute Gasteiger partial charge is 0.322 e. The lowest BCUT2D eigenvalue weighted by molar-refractivity contribution is -0.142. The summed E-state index contributed by atoms with van der Waals surface area (Å²) in [5.74, 6) is -0.312. The monoisotopic (exact) mass is 181 g/mol. The van der Waals surface area contributed by atoms with E-state index in [0.717, 1.165) is 19.3 Å². The molecule has 0 aromatic rings. The molecule has 0 spiro atoms. The molecule has 0 saturated heterocycles. The molecule has 2 N–H and O–H groups in total. The van der Waals surface area contributed by atoms with Crippen LogP contribution in [0.1, 0.15) is 26.2 Å². The van der Waals surface area contributed by atoms with Crippen molar-refractivity contribution in [2.75, 3.05) is 7.11 Å². The molecule has 0 aliphatic carbocycles. The minimum Gasteiger partial charge on any atom is -0.468 e. The van der Waals surface area contributed by atoms with Gasteiger partial charge in [0.05, 0.1) is 7.11 Å². The zero-order chi connectivity index (χ0) is 7.98. The van der Waals surface area contributed by atoms with Crippen LogP contribution in [0, 0.1) is 0 Å². The molecule has 4 heteroatoms. The SMILES string of the molecule is CCCC[C@H](N)C(=O)OC.Cl. The predicted molar refractivity (Wildman–Crippen MR) is 46.8 cm³/mol. The van der Waals surface area contributed by atoms with E-state index >= 15 is 0 Å². The highest BCUT2D eigenvalue weighted by Gasteiger charge is 2.11. The van der Waals surface area contributed by atoms with E-state index < -0.39 is 6.04 Å². The standard InChI is InChI=1S/C7H15NO2.ClH/c1-3-4-5-6(8)7(9)10-2;/h6H,3-5,8H2,1-2H3;1H/t6-;/m0./s1. The van der Waals surface area contributed by atoms with Crippen molar-refractivity contribution in [2.24, 2.45) is 5.73 Å². The van der Waals surface area contributed by atoms with Crippen LogP contribution in [0.3, 0.4) is 0 Å². The Balaban J connectivity index is 0. The van der Waals surface area contributed by atoms with E-state index in [1.54, 1.807) is 0 Å². The highest BCUT2D eigenvalue weighted by molar-refractivity contribution is 5.85. The van der Waals surface area contributed by atoms with Crippen LogP contribution in [0.5, 0.6) is 0 Å². The molecule has 0 aliphatic heterocycles. The predicted octanol–water partition coefficient (Wildman–Crippen LogP) is 1.10. The van der Waals surface area contributed by atoms with Gasteiger partial charge in [-0.1, -0.05) is 19.8 Å². The molecule has 0 aromatic carbocycles. The van der Waals surface area contributed by atoms with Crippen molar-refractivity contribution in [1.82, 2.24) is 0 Å². The maximum Gasteiger partial charge on any atom is 0.322 e. The molecule has 0 aliphatic rings. The lowest BCUT2D eigenvalue weighted by Gasteiger charge is -2.06. The highest BCUT2D eigenvalue weighted by Crippen LogP contribution is 1.98. The third-order valence-electron chi connectivity index (χ3n) is 1.37. The van der Waals surface area contributed by atoms with Crippen molar-refractivity contribution in [3.8, 4) is 0 Å².